The van der Waals surface area contributed by atoms with Crippen molar-refractivity contribution in [2.24, 2.45) is 0 Å². The molecule has 0 amide bonds. The summed E-state index contributed by atoms with van der Waals surface area (Å²) in [4.78, 5) is 15.1. The first-order valence-corrected chi connectivity index (χ1v) is 10.1. The summed E-state index contributed by atoms with van der Waals surface area (Å²) < 4.78 is 1.54. The smallest absolute Gasteiger partial charge is 0.262 e. The average molecular weight is 427 g/mol. The van der Waals surface area contributed by atoms with Crippen LogP contribution in [0.1, 0.15) is 43.4 Å². The van der Waals surface area contributed by atoms with Gasteiger partial charge in [0.1, 0.15) is 5.56 Å². The van der Waals surface area contributed by atoms with Gasteiger partial charge in [-0.25, -0.2) is 0 Å². The van der Waals surface area contributed by atoms with Crippen molar-refractivity contribution in [3.63, 3.8) is 0 Å². The fourth-order valence-electron chi connectivity index (χ4n) is 3.14. The van der Waals surface area contributed by atoms with Crippen LogP contribution in [0.2, 0.25) is 5.02 Å². The lowest BCUT2D eigenvalue weighted by molar-refractivity contribution is 0.432. The normalized spacial score (nSPS) is 11.8. The number of allylic oxidation sites excluding steroid dienone is 1. The predicted molar refractivity (Wildman–Crippen MR) is 122 cm³/mol. The maximum atomic E-state index is 12.4. The van der Waals surface area contributed by atoms with E-state index in [9.17, 15) is 9.90 Å². The number of H-pyrrole nitrogens is 1. The highest BCUT2D eigenvalue weighted by Gasteiger charge is 2.13. The summed E-state index contributed by atoms with van der Waals surface area (Å²) in [6.07, 6.45) is 2.37. The molecular formula is C23H23ClN2O2S. The molecule has 2 N–H and O–H groups in total. The van der Waals surface area contributed by atoms with Crippen molar-refractivity contribution in [1.29, 1.82) is 0 Å². The minimum Gasteiger partial charge on any atom is -0.494 e. The van der Waals surface area contributed by atoms with Gasteiger partial charge in [-0.3, -0.25) is 14.3 Å². The number of aromatic hydroxyl groups is 1. The second-order valence-corrected chi connectivity index (χ2v) is 8.20. The zero-order valence-corrected chi connectivity index (χ0v) is 18.1. The van der Waals surface area contributed by atoms with Gasteiger partial charge in [-0.15, -0.1) is 0 Å². The van der Waals surface area contributed by atoms with Gasteiger partial charge >= 0.3 is 0 Å². The van der Waals surface area contributed by atoms with Crippen molar-refractivity contribution in [1.82, 2.24) is 9.55 Å². The van der Waals surface area contributed by atoms with Crippen LogP contribution >= 0.6 is 23.8 Å². The lowest BCUT2D eigenvalue weighted by Crippen LogP contribution is -2.16. The summed E-state index contributed by atoms with van der Waals surface area (Å²) in [6.45, 7) is 6.26. The highest BCUT2D eigenvalue weighted by molar-refractivity contribution is 7.71. The molecule has 4 nitrogen and oxygen atoms in total. The molecule has 0 bridgehead atoms. The van der Waals surface area contributed by atoms with Crippen LogP contribution in [0.3, 0.4) is 0 Å². The van der Waals surface area contributed by atoms with Crippen LogP contribution in [0.4, 0.5) is 0 Å². The topological polar surface area (TPSA) is 58.0 Å². The minimum absolute atomic E-state index is 0.119. The van der Waals surface area contributed by atoms with Crippen LogP contribution in [0, 0.1) is 4.77 Å². The van der Waals surface area contributed by atoms with E-state index in [-0.39, 0.29) is 16.2 Å². The Morgan fingerprint density at radius 3 is 2.38 bits per heavy atom. The zero-order chi connectivity index (χ0) is 21.1. The van der Waals surface area contributed by atoms with E-state index in [2.05, 4.69) is 43.1 Å². The molecule has 0 unspecified atom stereocenters. The Balaban J connectivity index is 1.97. The molecule has 6 heteroatoms. The summed E-state index contributed by atoms with van der Waals surface area (Å²) in [6, 6.07) is 15.3. The number of aromatic nitrogens is 2. The largest absolute Gasteiger partial charge is 0.494 e. The Labute approximate surface area is 180 Å². The van der Waals surface area contributed by atoms with Gasteiger partial charge in [-0.2, -0.15) is 0 Å². The van der Waals surface area contributed by atoms with E-state index in [1.165, 1.54) is 10.1 Å². The number of hydrogen-bond donors (Lipinski definition) is 2. The van der Waals surface area contributed by atoms with Crippen LogP contribution in [-0.4, -0.2) is 14.7 Å². The third kappa shape index (κ3) is 4.86. The Morgan fingerprint density at radius 2 is 1.79 bits per heavy atom. The second-order valence-electron chi connectivity index (χ2n) is 7.37. The predicted octanol–water partition coefficient (Wildman–Crippen LogP) is 6.02. The average Bonchev–Trinajstić information content (AvgIpc) is 2.67. The highest BCUT2D eigenvalue weighted by atomic mass is 35.5. The minimum atomic E-state index is -0.424. The molecule has 0 aliphatic rings. The van der Waals surface area contributed by atoms with Crippen molar-refractivity contribution in [2.45, 2.75) is 33.1 Å². The Morgan fingerprint density at radius 1 is 1.17 bits per heavy atom. The number of nitrogens with zero attached hydrogens (tertiary/aromatic N) is 1. The molecule has 0 fully saturated rings. The lowest BCUT2D eigenvalue weighted by atomic mass is 9.99. The molecule has 3 aromatic rings. The molecule has 2 aromatic carbocycles. The Kier molecular flexibility index (Phi) is 6.40. The van der Waals surface area contributed by atoms with E-state index < -0.39 is 5.56 Å². The molecule has 1 aromatic heterocycles. The Hall–Kier alpha value is -2.63. The van der Waals surface area contributed by atoms with Crippen LogP contribution in [0.5, 0.6) is 5.88 Å². The third-order valence-electron chi connectivity index (χ3n) is 4.73. The molecule has 150 valence electrons. The van der Waals surface area contributed by atoms with Crippen LogP contribution in [0.25, 0.3) is 11.8 Å². The quantitative estimate of drug-likeness (QED) is 0.490. The first-order valence-electron chi connectivity index (χ1n) is 9.36. The molecule has 0 radical (unpaired) electrons. The molecule has 1 heterocycles. The van der Waals surface area contributed by atoms with Gasteiger partial charge in [0, 0.05) is 5.02 Å². The van der Waals surface area contributed by atoms with Gasteiger partial charge in [0.25, 0.3) is 5.56 Å². The Bertz CT molecular complexity index is 1160. The summed E-state index contributed by atoms with van der Waals surface area (Å²) >= 11 is 11.2. The van der Waals surface area contributed by atoms with E-state index >= 15 is 0 Å². The summed E-state index contributed by atoms with van der Waals surface area (Å²) in [7, 11) is 0. The van der Waals surface area contributed by atoms with Gasteiger partial charge in [0.05, 0.1) is 5.69 Å². The third-order valence-corrected chi connectivity index (χ3v) is 5.26. The maximum Gasteiger partial charge on any atom is 0.262 e. The van der Waals surface area contributed by atoms with Crippen molar-refractivity contribution in [3.05, 3.63) is 90.9 Å². The molecule has 0 saturated carbocycles. The fraction of sp³-hybridized carbons (Fsp3) is 0.217. The molecular weight excluding hydrogens is 404 g/mol. The molecule has 0 spiro atoms. The zero-order valence-electron chi connectivity index (χ0n) is 16.6. The molecule has 29 heavy (non-hydrogen) atoms. The molecule has 3 rings (SSSR count). The first kappa shape index (κ1) is 21.1. The van der Waals surface area contributed by atoms with Crippen LogP contribution in [0.15, 0.2) is 58.9 Å². The van der Waals surface area contributed by atoms with Gasteiger partial charge in [-0.1, -0.05) is 55.3 Å². The van der Waals surface area contributed by atoms with E-state index in [1.54, 1.807) is 30.3 Å². The summed E-state index contributed by atoms with van der Waals surface area (Å²) in [5, 5.41) is 11.4. The van der Waals surface area contributed by atoms with Gasteiger partial charge in [0.2, 0.25) is 5.88 Å². The molecule has 0 aliphatic carbocycles. The van der Waals surface area contributed by atoms with Crippen LogP contribution < -0.4 is 5.56 Å². The number of nitrogens with one attached hydrogen (secondary N) is 1. The fourth-order valence-corrected chi connectivity index (χ4v) is 3.55. The van der Waals surface area contributed by atoms with E-state index in [1.807, 2.05) is 6.92 Å². The van der Waals surface area contributed by atoms with E-state index in [0.29, 0.717) is 23.0 Å². The molecule has 0 aliphatic heterocycles. The van der Waals surface area contributed by atoms with E-state index in [0.717, 1.165) is 11.1 Å². The monoisotopic (exact) mass is 426 g/mol. The number of hydrogen-bond acceptors (Lipinski definition) is 3. The van der Waals surface area contributed by atoms with Gasteiger partial charge < -0.3 is 5.11 Å². The standard InChI is InChI=1S/C23H23ClN2O2S/c1-14(2)17-6-4-16(5-7-17)12-15(3)13-20-21(27)25-23(29)26(22(20)28)19-10-8-18(24)9-11-19/h4-11,13-14,28H,12H2,1-3H3,(H,25,27,29). The van der Waals surface area contributed by atoms with Gasteiger partial charge in [-0.05, 0) is 72.9 Å². The highest BCUT2D eigenvalue weighted by Crippen LogP contribution is 2.24. The summed E-state index contributed by atoms with van der Waals surface area (Å²) in [5.74, 6) is 0.284. The van der Waals surface area contributed by atoms with Crippen molar-refractivity contribution >= 4 is 29.9 Å². The molecule has 0 atom stereocenters. The first-order chi connectivity index (χ1) is 13.8. The lowest BCUT2D eigenvalue weighted by Gasteiger charge is -2.12. The van der Waals surface area contributed by atoms with Crippen LogP contribution in [-0.2, 0) is 6.42 Å². The number of halogens is 1. The van der Waals surface area contributed by atoms with Crippen molar-refractivity contribution in [2.75, 3.05) is 0 Å². The van der Waals surface area contributed by atoms with Gasteiger partial charge in [0.15, 0.2) is 4.77 Å². The summed E-state index contributed by atoms with van der Waals surface area (Å²) in [5.41, 5.74) is 3.74. The van der Waals surface area contributed by atoms with E-state index in [4.69, 9.17) is 23.8 Å². The second kappa shape index (κ2) is 8.80. The number of rotatable bonds is 5. The number of benzene rings is 2. The van der Waals surface area contributed by atoms with Crippen molar-refractivity contribution < 1.29 is 5.11 Å². The molecule has 0 saturated heterocycles. The van der Waals surface area contributed by atoms with Crippen molar-refractivity contribution in [3.8, 4) is 11.6 Å². The number of aromatic amines is 1. The maximum absolute atomic E-state index is 12.4. The SMILES string of the molecule is CC(=Cc1c(O)n(-c2ccc(Cl)cc2)c(=S)[nH]c1=O)Cc1ccc(C(C)C)cc1.